The van der Waals surface area contributed by atoms with Gasteiger partial charge in [-0.3, -0.25) is 4.79 Å². The van der Waals surface area contributed by atoms with Crippen LogP contribution >= 0.6 is 0 Å². The molecule has 1 aromatic rings. The maximum Gasteiger partial charge on any atom is 0.251 e. The predicted octanol–water partition coefficient (Wildman–Crippen LogP) is 3.66. The third-order valence-electron chi connectivity index (χ3n) is 3.53. The molecule has 130 valence electrons. The van der Waals surface area contributed by atoms with Gasteiger partial charge in [0.2, 0.25) is 5.75 Å². The molecule has 0 aromatic heterocycles. The summed E-state index contributed by atoms with van der Waals surface area (Å²) in [5.41, 5.74) is 0.507. The highest BCUT2D eigenvalue weighted by Gasteiger charge is 2.19. The second-order valence-electron chi connectivity index (χ2n) is 5.61. The highest BCUT2D eigenvalue weighted by molar-refractivity contribution is 5.95. The summed E-state index contributed by atoms with van der Waals surface area (Å²) in [5.74, 6) is 1.82. The van der Waals surface area contributed by atoms with Crippen LogP contribution in [0.1, 0.15) is 51.9 Å². The molecule has 1 rings (SSSR count). The number of hydrogen-bond acceptors (Lipinski definition) is 4. The minimum absolute atomic E-state index is 0.0835. The van der Waals surface area contributed by atoms with Gasteiger partial charge in [0.25, 0.3) is 5.91 Å². The fourth-order valence-corrected chi connectivity index (χ4v) is 1.98. The van der Waals surface area contributed by atoms with E-state index >= 15 is 0 Å². The number of rotatable bonds is 9. The number of benzene rings is 1. The van der Waals surface area contributed by atoms with Crippen LogP contribution in [0.25, 0.3) is 0 Å². The molecular formula is C18H29NO4. The lowest BCUT2D eigenvalue weighted by Gasteiger charge is -2.20. The van der Waals surface area contributed by atoms with Gasteiger partial charge < -0.3 is 19.5 Å². The third-order valence-corrected chi connectivity index (χ3v) is 3.53. The first-order chi connectivity index (χ1) is 10.9. The van der Waals surface area contributed by atoms with Gasteiger partial charge in [-0.2, -0.15) is 0 Å². The summed E-state index contributed by atoms with van der Waals surface area (Å²) in [6, 6.07) is 3.50. The van der Waals surface area contributed by atoms with Crippen LogP contribution in [0, 0.1) is 5.92 Å². The minimum atomic E-state index is -0.142. The Morgan fingerprint density at radius 1 is 0.957 bits per heavy atom. The second kappa shape index (κ2) is 9.28. The molecule has 0 spiro atoms. The predicted molar refractivity (Wildman–Crippen MR) is 91.7 cm³/mol. The third kappa shape index (κ3) is 5.34. The molecule has 5 nitrogen and oxygen atoms in total. The summed E-state index contributed by atoms with van der Waals surface area (Å²) in [6.07, 6.45) is 0. The lowest BCUT2D eigenvalue weighted by molar-refractivity contribution is 0.0929. The van der Waals surface area contributed by atoms with Crippen LogP contribution in [0.15, 0.2) is 12.1 Å². The van der Waals surface area contributed by atoms with Crippen molar-refractivity contribution >= 4 is 5.91 Å². The van der Waals surface area contributed by atoms with Gasteiger partial charge in [-0.05, 0) is 45.7 Å². The van der Waals surface area contributed by atoms with E-state index in [1.54, 1.807) is 12.1 Å². The van der Waals surface area contributed by atoms with Gasteiger partial charge in [-0.15, -0.1) is 0 Å². The molecule has 0 aliphatic rings. The van der Waals surface area contributed by atoms with E-state index in [0.29, 0.717) is 48.6 Å². The lowest BCUT2D eigenvalue weighted by Crippen LogP contribution is -2.36. The summed E-state index contributed by atoms with van der Waals surface area (Å²) in [5, 5.41) is 2.99. The Bertz CT molecular complexity index is 487. The molecule has 5 heteroatoms. The second-order valence-corrected chi connectivity index (χ2v) is 5.61. The summed E-state index contributed by atoms with van der Waals surface area (Å²) in [6.45, 7) is 13.3. The van der Waals surface area contributed by atoms with Crippen LogP contribution in [-0.2, 0) is 0 Å². The molecule has 0 aliphatic carbocycles. The number of hydrogen-bond donors (Lipinski definition) is 1. The maximum atomic E-state index is 12.5. The zero-order valence-corrected chi connectivity index (χ0v) is 15.1. The molecule has 23 heavy (non-hydrogen) atoms. The number of amides is 1. The lowest BCUT2D eigenvalue weighted by atomic mass is 10.1. The SMILES string of the molecule is CCOc1cc(C(=O)NC(C)C(C)C)cc(OCC)c1OCC. The normalized spacial score (nSPS) is 12.0. The molecule has 1 amide bonds. The van der Waals surface area contributed by atoms with Gasteiger partial charge in [0.05, 0.1) is 19.8 Å². The molecule has 1 N–H and O–H groups in total. The fourth-order valence-electron chi connectivity index (χ4n) is 1.98. The first-order valence-corrected chi connectivity index (χ1v) is 8.31. The average molecular weight is 323 g/mol. The van der Waals surface area contributed by atoms with E-state index in [4.69, 9.17) is 14.2 Å². The molecular weight excluding hydrogens is 294 g/mol. The summed E-state index contributed by atoms with van der Waals surface area (Å²) in [4.78, 5) is 12.5. The van der Waals surface area contributed by atoms with E-state index in [1.807, 2.05) is 27.7 Å². The van der Waals surface area contributed by atoms with E-state index in [0.717, 1.165) is 0 Å². The molecule has 0 heterocycles. The number of ether oxygens (including phenoxy) is 3. The van der Waals surface area contributed by atoms with E-state index in [1.165, 1.54) is 0 Å². The van der Waals surface area contributed by atoms with Crippen LogP contribution in [0.4, 0.5) is 0 Å². The Labute approximate surface area is 139 Å². The molecule has 1 atom stereocenters. The molecule has 0 aliphatic heterocycles. The molecule has 0 radical (unpaired) electrons. The molecule has 1 unspecified atom stereocenters. The highest BCUT2D eigenvalue weighted by Crippen LogP contribution is 2.39. The fraction of sp³-hybridized carbons (Fsp3) is 0.611. The van der Waals surface area contributed by atoms with Gasteiger partial charge in [0.15, 0.2) is 11.5 Å². The summed E-state index contributed by atoms with van der Waals surface area (Å²) in [7, 11) is 0. The minimum Gasteiger partial charge on any atom is -0.490 e. The molecule has 0 bridgehead atoms. The zero-order chi connectivity index (χ0) is 17.4. The summed E-state index contributed by atoms with van der Waals surface area (Å²) >= 11 is 0. The van der Waals surface area contributed by atoms with Crippen LogP contribution in [0.5, 0.6) is 17.2 Å². The van der Waals surface area contributed by atoms with Crippen molar-refractivity contribution in [2.45, 2.75) is 47.6 Å². The Morgan fingerprint density at radius 3 is 1.83 bits per heavy atom. The molecule has 0 saturated heterocycles. The number of carbonyl (C=O) groups is 1. The van der Waals surface area contributed by atoms with Gasteiger partial charge in [-0.1, -0.05) is 13.8 Å². The first-order valence-electron chi connectivity index (χ1n) is 8.31. The van der Waals surface area contributed by atoms with Crippen molar-refractivity contribution < 1.29 is 19.0 Å². The monoisotopic (exact) mass is 323 g/mol. The van der Waals surface area contributed by atoms with Crippen molar-refractivity contribution in [3.05, 3.63) is 17.7 Å². The Balaban J connectivity index is 3.19. The van der Waals surface area contributed by atoms with Gasteiger partial charge in [0, 0.05) is 11.6 Å². The van der Waals surface area contributed by atoms with Crippen LogP contribution in [-0.4, -0.2) is 31.8 Å². The van der Waals surface area contributed by atoms with Crippen molar-refractivity contribution in [2.75, 3.05) is 19.8 Å². The number of carbonyl (C=O) groups excluding carboxylic acids is 1. The highest BCUT2D eigenvalue weighted by atomic mass is 16.5. The maximum absolute atomic E-state index is 12.5. The van der Waals surface area contributed by atoms with Crippen LogP contribution < -0.4 is 19.5 Å². The molecule has 1 aromatic carbocycles. The van der Waals surface area contributed by atoms with Crippen molar-refractivity contribution in [1.29, 1.82) is 0 Å². The van der Waals surface area contributed by atoms with Crippen molar-refractivity contribution in [3.63, 3.8) is 0 Å². The first kappa shape index (κ1) is 19.1. The van der Waals surface area contributed by atoms with Crippen LogP contribution in [0.2, 0.25) is 0 Å². The Morgan fingerprint density at radius 2 is 1.43 bits per heavy atom. The van der Waals surface area contributed by atoms with Crippen molar-refractivity contribution in [3.8, 4) is 17.2 Å². The van der Waals surface area contributed by atoms with Crippen molar-refractivity contribution in [2.24, 2.45) is 5.92 Å². The average Bonchev–Trinajstić information content (AvgIpc) is 2.50. The standard InChI is InChI=1S/C18H29NO4/c1-7-21-15-10-14(18(20)19-13(6)12(4)5)11-16(22-8-2)17(15)23-9-3/h10-13H,7-9H2,1-6H3,(H,19,20). The quantitative estimate of drug-likeness (QED) is 0.753. The summed E-state index contributed by atoms with van der Waals surface area (Å²) < 4.78 is 16.9. The van der Waals surface area contributed by atoms with E-state index in [2.05, 4.69) is 19.2 Å². The Kier molecular flexibility index (Phi) is 7.72. The molecule has 0 fully saturated rings. The number of nitrogens with one attached hydrogen (secondary N) is 1. The molecule has 0 saturated carbocycles. The van der Waals surface area contributed by atoms with Crippen molar-refractivity contribution in [1.82, 2.24) is 5.32 Å². The smallest absolute Gasteiger partial charge is 0.251 e. The van der Waals surface area contributed by atoms with E-state index in [-0.39, 0.29) is 11.9 Å². The van der Waals surface area contributed by atoms with Gasteiger partial charge >= 0.3 is 0 Å². The Hall–Kier alpha value is -1.91. The van der Waals surface area contributed by atoms with Gasteiger partial charge in [-0.25, -0.2) is 0 Å². The van der Waals surface area contributed by atoms with E-state index in [9.17, 15) is 4.79 Å². The largest absolute Gasteiger partial charge is 0.490 e. The van der Waals surface area contributed by atoms with E-state index < -0.39 is 0 Å². The topological polar surface area (TPSA) is 56.8 Å². The zero-order valence-electron chi connectivity index (χ0n) is 15.1. The van der Waals surface area contributed by atoms with Crippen LogP contribution in [0.3, 0.4) is 0 Å². The van der Waals surface area contributed by atoms with Gasteiger partial charge in [0.1, 0.15) is 0 Å².